The molecule has 1 heterocycles. The number of rotatable bonds is 2. The summed E-state index contributed by atoms with van der Waals surface area (Å²) in [6.07, 6.45) is 4.25. The molecule has 1 aliphatic heterocycles. The molecule has 0 aromatic heterocycles. The van der Waals surface area contributed by atoms with Crippen LogP contribution in [0.4, 0.5) is 0 Å². The Bertz CT molecular complexity index is 64.8. The maximum atomic E-state index is 2.44. The first-order valence-electron chi connectivity index (χ1n) is 3.62. The molecule has 0 N–H and O–H groups in total. The van der Waals surface area contributed by atoms with Crippen LogP contribution in [0.3, 0.4) is 0 Å². The van der Waals surface area contributed by atoms with Gasteiger partial charge in [-0.3, -0.25) is 0 Å². The molecule has 1 atom stereocenters. The van der Waals surface area contributed by atoms with Gasteiger partial charge in [0.05, 0.1) is 0 Å². The van der Waals surface area contributed by atoms with Crippen molar-refractivity contribution >= 4 is 7.28 Å². The first kappa shape index (κ1) is 6.19. The highest BCUT2D eigenvalue weighted by atomic mass is 14.1. The van der Waals surface area contributed by atoms with Gasteiger partial charge in [-0.1, -0.05) is 38.8 Å². The van der Waals surface area contributed by atoms with E-state index in [1.165, 1.54) is 19.2 Å². The molecule has 0 aromatic carbocycles. The Morgan fingerprint density at radius 1 is 1.62 bits per heavy atom. The van der Waals surface area contributed by atoms with Crippen molar-refractivity contribution in [2.45, 2.75) is 38.8 Å². The van der Waals surface area contributed by atoms with E-state index in [9.17, 15) is 0 Å². The van der Waals surface area contributed by atoms with Gasteiger partial charge in [0.25, 0.3) is 0 Å². The molecule has 0 spiro atoms. The second-order valence-electron chi connectivity index (χ2n) is 3.20. The molecule has 1 aliphatic rings. The van der Waals surface area contributed by atoms with E-state index < -0.39 is 0 Å². The third-order valence-electron chi connectivity index (χ3n) is 1.81. The van der Waals surface area contributed by atoms with Crippen LogP contribution < -0.4 is 0 Å². The van der Waals surface area contributed by atoms with Crippen LogP contribution in [0, 0.1) is 5.92 Å². The van der Waals surface area contributed by atoms with Crippen molar-refractivity contribution in [3.63, 3.8) is 0 Å². The van der Waals surface area contributed by atoms with Gasteiger partial charge in [-0.05, 0) is 5.92 Å². The van der Waals surface area contributed by atoms with Crippen LogP contribution in [0.5, 0.6) is 0 Å². The highest BCUT2D eigenvalue weighted by molar-refractivity contribution is 6.41. The van der Waals surface area contributed by atoms with E-state index in [1.807, 2.05) is 0 Å². The molecule has 1 radical (unpaired) electrons. The van der Waals surface area contributed by atoms with Gasteiger partial charge in [-0.25, -0.2) is 0 Å². The Kier molecular flexibility index (Phi) is 1.98. The van der Waals surface area contributed by atoms with Gasteiger partial charge in [0.1, 0.15) is 7.28 Å². The largest absolute Gasteiger partial charge is 0.113 e. The average Bonchev–Trinajstić information content (AvgIpc) is 1.55. The fraction of sp³-hybridized carbons (Fsp3) is 1.00. The van der Waals surface area contributed by atoms with Gasteiger partial charge < -0.3 is 0 Å². The van der Waals surface area contributed by atoms with Crippen LogP contribution in [-0.2, 0) is 0 Å². The number of hydrogen-bond donors (Lipinski definition) is 0. The lowest BCUT2D eigenvalue weighted by Gasteiger charge is -2.25. The Hall–Kier alpha value is 0.0649. The summed E-state index contributed by atoms with van der Waals surface area (Å²) in [5.41, 5.74) is 0. The summed E-state index contributed by atoms with van der Waals surface area (Å²) in [6, 6.07) is 0. The number of hydrogen-bond acceptors (Lipinski definition) is 0. The van der Waals surface area contributed by atoms with E-state index in [1.54, 1.807) is 0 Å². The molecule has 1 saturated heterocycles. The van der Waals surface area contributed by atoms with E-state index in [2.05, 4.69) is 21.1 Å². The summed E-state index contributed by atoms with van der Waals surface area (Å²) < 4.78 is 0. The van der Waals surface area contributed by atoms with Crippen molar-refractivity contribution in [1.29, 1.82) is 0 Å². The molecule has 45 valence electrons. The van der Waals surface area contributed by atoms with Crippen molar-refractivity contribution in [2.24, 2.45) is 5.92 Å². The highest BCUT2D eigenvalue weighted by Gasteiger charge is 2.18. The average molecular weight is 109 g/mol. The Morgan fingerprint density at radius 2 is 2.25 bits per heavy atom. The van der Waals surface area contributed by atoms with Gasteiger partial charge in [-0.2, -0.15) is 0 Å². The molecule has 1 heteroatoms. The second kappa shape index (κ2) is 2.57. The molecular weight excluding hydrogens is 94.9 g/mol. The van der Waals surface area contributed by atoms with Crippen LogP contribution in [0.1, 0.15) is 26.7 Å². The topological polar surface area (TPSA) is 0 Å². The summed E-state index contributed by atoms with van der Waals surface area (Å²) in [5, 5.41) is 0. The molecule has 8 heavy (non-hydrogen) atoms. The zero-order valence-corrected chi connectivity index (χ0v) is 5.85. The molecule has 1 unspecified atom stereocenters. The van der Waals surface area contributed by atoms with E-state index in [0.29, 0.717) is 0 Å². The Labute approximate surface area is 52.9 Å². The molecule has 1 fully saturated rings. The molecular formula is C7H14B. The second-order valence-corrected chi connectivity index (χ2v) is 3.20. The summed E-state index contributed by atoms with van der Waals surface area (Å²) in [7, 11) is 2.44. The lowest BCUT2D eigenvalue weighted by Crippen LogP contribution is -2.16. The SMILES string of the molecule is CC(C)CC1[B]CC1. The van der Waals surface area contributed by atoms with Crippen molar-refractivity contribution in [2.75, 3.05) is 0 Å². The maximum Gasteiger partial charge on any atom is 0.113 e. The lowest BCUT2D eigenvalue weighted by atomic mass is 9.46. The molecule has 1 rings (SSSR count). The van der Waals surface area contributed by atoms with E-state index >= 15 is 0 Å². The molecule has 0 saturated carbocycles. The standard InChI is InChI=1S/C7H14B/c1-6(2)5-7-3-4-8-7/h6-7H,3-5H2,1-2H3. The third kappa shape index (κ3) is 1.54. The van der Waals surface area contributed by atoms with Gasteiger partial charge in [0.15, 0.2) is 0 Å². The summed E-state index contributed by atoms with van der Waals surface area (Å²) in [5.74, 6) is 1.88. The van der Waals surface area contributed by atoms with Gasteiger partial charge in [-0.15, -0.1) is 0 Å². The van der Waals surface area contributed by atoms with Crippen LogP contribution in [-0.4, -0.2) is 7.28 Å². The fourth-order valence-corrected chi connectivity index (χ4v) is 1.22. The molecule has 0 aliphatic carbocycles. The predicted molar refractivity (Wildman–Crippen MR) is 38.4 cm³/mol. The Morgan fingerprint density at radius 3 is 2.38 bits per heavy atom. The van der Waals surface area contributed by atoms with Crippen LogP contribution >= 0.6 is 0 Å². The maximum absolute atomic E-state index is 2.44. The fourth-order valence-electron chi connectivity index (χ4n) is 1.22. The smallest absolute Gasteiger partial charge is 0.0804 e. The van der Waals surface area contributed by atoms with Crippen molar-refractivity contribution < 1.29 is 0 Å². The zero-order chi connectivity index (χ0) is 5.98. The van der Waals surface area contributed by atoms with Gasteiger partial charge in [0, 0.05) is 0 Å². The molecule has 0 nitrogen and oxygen atoms in total. The summed E-state index contributed by atoms with van der Waals surface area (Å²) in [4.78, 5) is 0. The normalized spacial score (nSPS) is 27.1. The van der Waals surface area contributed by atoms with Crippen LogP contribution in [0.25, 0.3) is 0 Å². The minimum Gasteiger partial charge on any atom is -0.0804 e. The predicted octanol–water partition coefficient (Wildman–Crippen LogP) is 2.35. The van der Waals surface area contributed by atoms with Crippen LogP contribution in [0.15, 0.2) is 0 Å². The first-order valence-corrected chi connectivity index (χ1v) is 3.62. The monoisotopic (exact) mass is 109 g/mol. The zero-order valence-electron chi connectivity index (χ0n) is 5.85. The van der Waals surface area contributed by atoms with Gasteiger partial charge in [0.2, 0.25) is 0 Å². The van der Waals surface area contributed by atoms with Crippen molar-refractivity contribution in [1.82, 2.24) is 0 Å². The van der Waals surface area contributed by atoms with Crippen molar-refractivity contribution in [3.05, 3.63) is 0 Å². The summed E-state index contributed by atoms with van der Waals surface area (Å²) >= 11 is 0. The minimum absolute atomic E-state index is 0.900. The molecule has 0 amide bonds. The third-order valence-corrected chi connectivity index (χ3v) is 1.81. The van der Waals surface area contributed by atoms with Gasteiger partial charge >= 0.3 is 0 Å². The highest BCUT2D eigenvalue weighted by Crippen LogP contribution is 2.31. The van der Waals surface area contributed by atoms with E-state index in [4.69, 9.17) is 0 Å². The molecule has 0 bridgehead atoms. The van der Waals surface area contributed by atoms with Crippen molar-refractivity contribution in [3.8, 4) is 0 Å². The minimum atomic E-state index is 0.900. The first-order chi connectivity index (χ1) is 3.79. The molecule has 0 aromatic rings. The van der Waals surface area contributed by atoms with E-state index in [-0.39, 0.29) is 0 Å². The van der Waals surface area contributed by atoms with Crippen LogP contribution in [0.2, 0.25) is 12.1 Å². The Balaban J connectivity index is 2.01. The van der Waals surface area contributed by atoms with E-state index in [0.717, 1.165) is 11.7 Å². The lowest BCUT2D eigenvalue weighted by molar-refractivity contribution is 0.523. The summed E-state index contributed by atoms with van der Waals surface area (Å²) in [6.45, 7) is 4.60. The quantitative estimate of drug-likeness (QED) is 0.477.